The van der Waals surface area contributed by atoms with Crippen LogP contribution >= 0.6 is 0 Å². The Morgan fingerprint density at radius 1 is 1.42 bits per heavy atom. The molecule has 0 aliphatic carbocycles. The minimum Gasteiger partial charge on any atom is -0.462 e. The van der Waals surface area contributed by atoms with Gasteiger partial charge >= 0.3 is 11.9 Å². The van der Waals surface area contributed by atoms with Crippen molar-refractivity contribution in [2.24, 2.45) is 0 Å². The van der Waals surface area contributed by atoms with Crippen molar-refractivity contribution in [3.63, 3.8) is 0 Å². The number of nitrogens with one attached hydrogen (secondary N) is 1. The summed E-state index contributed by atoms with van der Waals surface area (Å²) in [5.41, 5.74) is 0. The lowest BCUT2D eigenvalue weighted by atomic mass is 10.5. The molecule has 0 unspecified atom stereocenters. The molecule has 1 N–H and O–H groups in total. The first kappa shape index (κ1) is 10.9. The van der Waals surface area contributed by atoms with Crippen LogP contribution in [0.1, 0.15) is 6.92 Å². The lowest BCUT2D eigenvalue weighted by Gasteiger charge is -2.02. The molecule has 0 aromatic carbocycles. The topological polar surface area (TPSA) is 64.6 Å². The smallest absolute Gasteiger partial charge is 0.396 e. The van der Waals surface area contributed by atoms with Crippen LogP contribution in [0, 0.1) is 0 Å². The fourth-order valence-electron chi connectivity index (χ4n) is 0.546. The van der Waals surface area contributed by atoms with Crippen molar-refractivity contribution in [1.29, 1.82) is 0 Å². The highest BCUT2D eigenvalue weighted by molar-refractivity contribution is 6.32. The third-order valence-corrected chi connectivity index (χ3v) is 1.11. The lowest BCUT2D eigenvalue weighted by molar-refractivity contribution is -0.152. The van der Waals surface area contributed by atoms with Crippen LogP contribution in [0.2, 0.25) is 0 Å². The van der Waals surface area contributed by atoms with Crippen LogP contribution in [0.5, 0.6) is 0 Å². The summed E-state index contributed by atoms with van der Waals surface area (Å²) in [4.78, 5) is 21.2. The number of amides is 1. The molecule has 5 heteroatoms. The second-order valence-corrected chi connectivity index (χ2v) is 1.94. The lowest BCUT2D eigenvalue weighted by Crippen LogP contribution is -2.34. The van der Waals surface area contributed by atoms with Gasteiger partial charge in [-0.1, -0.05) is 0 Å². The number of rotatable bonds is 4. The molecule has 0 radical (unpaired) electrons. The Morgan fingerprint density at radius 2 is 2.08 bits per heavy atom. The third-order valence-electron chi connectivity index (χ3n) is 1.11. The summed E-state index contributed by atoms with van der Waals surface area (Å²) >= 11 is 0. The summed E-state index contributed by atoms with van der Waals surface area (Å²) in [6.45, 7) is 3.16. The summed E-state index contributed by atoms with van der Waals surface area (Å²) in [6.07, 6.45) is 0. The number of methoxy groups -OCH3 is 1. The summed E-state index contributed by atoms with van der Waals surface area (Å²) in [5, 5.41) is 2.33. The van der Waals surface area contributed by atoms with Crippen LogP contribution in [0.25, 0.3) is 0 Å². The van der Waals surface area contributed by atoms with Crippen molar-refractivity contribution in [3.05, 3.63) is 0 Å². The van der Waals surface area contributed by atoms with E-state index in [1.54, 1.807) is 0 Å². The molecule has 0 aliphatic heterocycles. The summed E-state index contributed by atoms with van der Waals surface area (Å²) in [5.74, 6) is -1.62. The molecule has 0 aromatic heterocycles. The van der Waals surface area contributed by atoms with Gasteiger partial charge in [-0.2, -0.15) is 0 Å². The van der Waals surface area contributed by atoms with Crippen molar-refractivity contribution in [3.8, 4) is 0 Å². The molecule has 0 rings (SSSR count). The summed E-state index contributed by atoms with van der Waals surface area (Å²) in [7, 11) is 1.16. The van der Waals surface area contributed by atoms with E-state index in [1.807, 2.05) is 6.92 Å². The highest BCUT2D eigenvalue weighted by Crippen LogP contribution is 1.75. The average molecular weight is 175 g/mol. The molecule has 0 saturated heterocycles. The van der Waals surface area contributed by atoms with E-state index in [-0.39, 0.29) is 0 Å². The van der Waals surface area contributed by atoms with E-state index in [0.717, 1.165) is 7.11 Å². The van der Waals surface area contributed by atoms with Crippen molar-refractivity contribution < 1.29 is 19.1 Å². The third kappa shape index (κ3) is 4.68. The number of hydrogen-bond donors (Lipinski definition) is 1. The van der Waals surface area contributed by atoms with Crippen LogP contribution in [-0.2, 0) is 19.1 Å². The maximum Gasteiger partial charge on any atom is 0.396 e. The monoisotopic (exact) mass is 175 g/mol. The first-order chi connectivity index (χ1) is 5.72. The summed E-state index contributed by atoms with van der Waals surface area (Å²) < 4.78 is 9.11. The first-order valence-electron chi connectivity index (χ1n) is 3.66. The molecule has 0 spiro atoms. The first-order valence-corrected chi connectivity index (χ1v) is 3.66. The largest absolute Gasteiger partial charge is 0.462 e. The van der Waals surface area contributed by atoms with Crippen LogP contribution in [0.4, 0.5) is 0 Å². The fraction of sp³-hybridized carbons (Fsp3) is 0.714. The van der Waals surface area contributed by atoms with E-state index < -0.39 is 11.9 Å². The Hall–Kier alpha value is -1.10. The van der Waals surface area contributed by atoms with E-state index in [4.69, 9.17) is 4.74 Å². The maximum atomic E-state index is 10.7. The van der Waals surface area contributed by atoms with Crippen molar-refractivity contribution in [2.45, 2.75) is 6.92 Å². The van der Waals surface area contributed by atoms with Gasteiger partial charge in [0, 0.05) is 13.2 Å². The van der Waals surface area contributed by atoms with Gasteiger partial charge in [0.25, 0.3) is 0 Å². The van der Waals surface area contributed by atoms with Crippen molar-refractivity contribution >= 4 is 11.9 Å². The van der Waals surface area contributed by atoms with Gasteiger partial charge in [-0.15, -0.1) is 0 Å². The van der Waals surface area contributed by atoms with Gasteiger partial charge in [-0.25, -0.2) is 4.79 Å². The zero-order valence-electron chi connectivity index (χ0n) is 7.25. The molecular formula is C7H13NO4. The molecule has 0 atom stereocenters. The van der Waals surface area contributed by atoms with E-state index in [0.29, 0.717) is 19.8 Å². The molecule has 0 bridgehead atoms. The number of ether oxygens (including phenoxy) is 2. The zero-order valence-corrected chi connectivity index (χ0v) is 7.25. The number of carbonyl (C=O) groups excluding carboxylic acids is 2. The van der Waals surface area contributed by atoms with Crippen LogP contribution in [0.15, 0.2) is 0 Å². The Labute approximate surface area is 71.0 Å². The van der Waals surface area contributed by atoms with E-state index in [9.17, 15) is 9.59 Å². The number of esters is 1. The molecule has 0 fully saturated rings. The van der Waals surface area contributed by atoms with Gasteiger partial charge in [0.1, 0.15) is 0 Å². The minimum absolute atomic E-state index is 0.321. The minimum atomic E-state index is -0.883. The van der Waals surface area contributed by atoms with Gasteiger partial charge in [0.2, 0.25) is 0 Å². The molecular weight excluding hydrogens is 162 g/mol. The second kappa shape index (κ2) is 6.60. The zero-order chi connectivity index (χ0) is 9.40. The standard InChI is InChI=1S/C7H13NO4/c1-3-12-5-4-8-6(9)7(10)11-2/h3-5H2,1-2H3,(H,8,9). The Bertz CT molecular complexity index is 157. The van der Waals surface area contributed by atoms with Crippen LogP contribution in [-0.4, -0.2) is 38.7 Å². The van der Waals surface area contributed by atoms with Crippen LogP contribution in [0.3, 0.4) is 0 Å². The second-order valence-electron chi connectivity index (χ2n) is 1.94. The Kier molecular flexibility index (Phi) is 6.00. The Balaban J connectivity index is 3.38. The van der Waals surface area contributed by atoms with E-state index >= 15 is 0 Å². The SMILES string of the molecule is CCOCCNC(=O)C(=O)OC. The summed E-state index contributed by atoms with van der Waals surface area (Å²) in [6, 6.07) is 0. The molecule has 12 heavy (non-hydrogen) atoms. The average Bonchev–Trinajstić information content (AvgIpc) is 2.10. The van der Waals surface area contributed by atoms with Crippen molar-refractivity contribution in [2.75, 3.05) is 26.9 Å². The predicted molar refractivity (Wildman–Crippen MR) is 41.5 cm³/mol. The highest BCUT2D eigenvalue weighted by Gasteiger charge is 2.11. The number of carbonyl (C=O) groups is 2. The van der Waals surface area contributed by atoms with Gasteiger partial charge in [0.05, 0.1) is 13.7 Å². The van der Waals surface area contributed by atoms with Crippen LogP contribution < -0.4 is 5.32 Å². The highest BCUT2D eigenvalue weighted by atomic mass is 16.5. The Morgan fingerprint density at radius 3 is 2.58 bits per heavy atom. The van der Waals surface area contributed by atoms with Gasteiger partial charge < -0.3 is 14.8 Å². The van der Waals surface area contributed by atoms with Gasteiger partial charge in [-0.05, 0) is 6.92 Å². The maximum absolute atomic E-state index is 10.7. The quantitative estimate of drug-likeness (QED) is 0.349. The van der Waals surface area contributed by atoms with Crippen molar-refractivity contribution in [1.82, 2.24) is 5.32 Å². The molecule has 5 nitrogen and oxygen atoms in total. The van der Waals surface area contributed by atoms with E-state index in [2.05, 4.69) is 10.1 Å². The molecule has 0 saturated carbocycles. The van der Waals surface area contributed by atoms with E-state index in [1.165, 1.54) is 0 Å². The number of hydrogen-bond acceptors (Lipinski definition) is 4. The van der Waals surface area contributed by atoms with Gasteiger partial charge in [0.15, 0.2) is 0 Å². The fourth-order valence-corrected chi connectivity index (χ4v) is 0.546. The predicted octanol–water partition coefficient (Wildman–Crippen LogP) is -0.688. The molecule has 70 valence electrons. The molecule has 0 aliphatic rings. The molecule has 0 heterocycles. The molecule has 1 amide bonds. The molecule has 0 aromatic rings. The van der Waals surface area contributed by atoms with Gasteiger partial charge in [-0.3, -0.25) is 4.79 Å². The normalized spacial score (nSPS) is 9.17.